The Morgan fingerprint density at radius 3 is 3.18 bits per heavy atom. The van der Waals surface area contributed by atoms with E-state index in [4.69, 9.17) is 10.8 Å². The van der Waals surface area contributed by atoms with Gasteiger partial charge in [-0.25, -0.2) is 4.98 Å². The Hall–Kier alpha value is -1.13. The Morgan fingerprint density at radius 2 is 2.41 bits per heavy atom. The molecule has 1 saturated heterocycles. The van der Waals surface area contributed by atoms with E-state index in [9.17, 15) is 0 Å². The fourth-order valence-corrected chi connectivity index (χ4v) is 2.59. The zero-order valence-corrected chi connectivity index (χ0v) is 10.2. The molecular formula is C13H21N3O. The maximum atomic E-state index is 8.93. The molecule has 1 fully saturated rings. The van der Waals surface area contributed by atoms with Crippen molar-refractivity contribution in [3.8, 4) is 0 Å². The summed E-state index contributed by atoms with van der Waals surface area (Å²) in [5.74, 6) is 1.04. The molecule has 1 aliphatic heterocycles. The van der Waals surface area contributed by atoms with E-state index in [2.05, 4.69) is 9.88 Å². The molecule has 1 atom stereocenters. The molecular weight excluding hydrogens is 214 g/mol. The average Bonchev–Trinajstić information content (AvgIpc) is 2.84. The second kappa shape index (κ2) is 5.98. The van der Waals surface area contributed by atoms with Gasteiger partial charge < -0.3 is 15.7 Å². The van der Waals surface area contributed by atoms with Crippen LogP contribution in [0.4, 0.5) is 5.82 Å². The zero-order valence-electron chi connectivity index (χ0n) is 10.2. The van der Waals surface area contributed by atoms with Gasteiger partial charge in [0.1, 0.15) is 5.82 Å². The van der Waals surface area contributed by atoms with Crippen LogP contribution in [-0.4, -0.2) is 29.3 Å². The molecule has 94 valence electrons. The summed E-state index contributed by atoms with van der Waals surface area (Å²) < 4.78 is 0. The molecule has 17 heavy (non-hydrogen) atoms. The normalized spacial score (nSPS) is 19.9. The van der Waals surface area contributed by atoms with Crippen molar-refractivity contribution in [3.63, 3.8) is 0 Å². The van der Waals surface area contributed by atoms with E-state index in [1.54, 1.807) is 0 Å². The SMILES string of the molecule is NCc1cccnc1N1CCCC1CCCO. The first-order valence-electron chi connectivity index (χ1n) is 6.38. The van der Waals surface area contributed by atoms with E-state index in [0.29, 0.717) is 12.6 Å². The van der Waals surface area contributed by atoms with Gasteiger partial charge in [-0.1, -0.05) is 6.07 Å². The second-order valence-corrected chi connectivity index (χ2v) is 4.55. The van der Waals surface area contributed by atoms with Crippen LogP contribution in [0.15, 0.2) is 18.3 Å². The molecule has 2 heterocycles. The third-order valence-electron chi connectivity index (χ3n) is 3.43. The Kier molecular flexibility index (Phi) is 4.34. The number of nitrogens with two attached hydrogens (primary N) is 1. The number of aliphatic hydroxyl groups is 1. The Labute approximate surface area is 102 Å². The van der Waals surface area contributed by atoms with Gasteiger partial charge >= 0.3 is 0 Å². The summed E-state index contributed by atoms with van der Waals surface area (Å²) in [6.07, 6.45) is 6.14. The summed E-state index contributed by atoms with van der Waals surface area (Å²) >= 11 is 0. The lowest BCUT2D eigenvalue weighted by atomic mass is 10.1. The molecule has 0 aromatic carbocycles. The average molecular weight is 235 g/mol. The number of nitrogens with zero attached hydrogens (tertiary/aromatic N) is 2. The predicted octanol–water partition coefficient (Wildman–Crippen LogP) is 1.28. The van der Waals surface area contributed by atoms with Crippen LogP contribution in [0.2, 0.25) is 0 Å². The number of aliphatic hydroxyl groups excluding tert-OH is 1. The largest absolute Gasteiger partial charge is 0.396 e. The minimum atomic E-state index is 0.274. The maximum absolute atomic E-state index is 8.93. The molecule has 0 saturated carbocycles. The van der Waals surface area contributed by atoms with E-state index in [1.807, 2.05) is 18.3 Å². The number of hydrogen-bond donors (Lipinski definition) is 2. The third-order valence-corrected chi connectivity index (χ3v) is 3.43. The van der Waals surface area contributed by atoms with Gasteiger partial charge in [0.25, 0.3) is 0 Å². The number of rotatable bonds is 5. The van der Waals surface area contributed by atoms with Crippen molar-refractivity contribution in [2.45, 2.75) is 38.3 Å². The highest BCUT2D eigenvalue weighted by atomic mass is 16.2. The summed E-state index contributed by atoms with van der Waals surface area (Å²) in [6, 6.07) is 4.50. The van der Waals surface area contributed by atoms with Crippen LogP contribution in [0, 0.1) is 0 Å². The van der Waals surface area contributed by atoms with Crippen LogP contribution in [0.25, 0.3) is 0 Å². The molecule has 3 N–H and O–H groups in total. The lowest BCUT2D eigenvalue weighted by Gasteiger charge is -2.27. The van der Waals surface area contributed by atoms with Crippen LogP contribution in [0.1, 0.15) is 31.2 Å². The molecule has 1 unspecified atom stereocenters. The molecule has 1 aromatic heterocycles. The monoisotopic (exact) mass is 235 g/mol. The van der Waals surface area contributed by atoms with Crippen LogP contribution in [0.5, 0.6) is 0 Å². The van der Waals surface area contributed by atoms with E-state index in [1.165, 1.54) is 12.8 Å². The van der Waals surface area contributed by atoms with Crippen LogP contribution >= 0.6 is 0 Å². The molecule has 0 amide bonds. The summed E-state index contributed by atoms with van der Waals surface area (Å²) in [4.78, 5) is 6.83. The number of pyridine rings is 1. The molecule has 2 rings (SSSR count). The summed E-state index contributed by atoms with van der Waals surface area (Å²) in [5.41, 5.74) is 6.87. The van der Waals surface area contributed by atoms with Gasteiger partial charge in [-0.15, -0.1) is 0 Å². The summed E-state index contributed by atoms with van der Waals surface area (Å²) in [5, 5.41) is 8.93. The second-order valence-electron chi connectivity index (χ2n) is 4.55. The molecule has 1 aliphatic rings. The summed E-state index contributed by atoms with van der Waals surface area (Å²) in [7, 11) is 0. The molecule has 4 nitrogen and oxygen atoms in total. The minimum absolute atomic E-state index is 0.274. The Morgan fingerprint density at radius 1 is 1.53 bits per heavy atom. The van der Waals surface area contributed by atoms with E-state index >= 15 is 0 Å². The lowest BCUT2D eigenvalue weighted by Crippen LogP contribution is -2.31. The smallest absolute Gasteiger partial charge is 0.133 e. The van der Waals surface area contributed by atoms with Crippen molar-refractivity contribution in [1.29, 1.82) is 0 Å². The highest BCUT2D eigenvalue weighted by Gasteiger charge is 2.26. The van der Waals surface area contributed by atoms with Crippen LogP contribution in [-0.2, 0) is 6.54 Å². The van der Waals surface area contributed by atoms with Crippen LogP contribution in [0.3, 0.4) is 0 Å². The van der Waals surface area contributed by atoms with Gasteiger partial charge in [0, 0.05) is 37.5 Å². The number of anilines is 1. The van der Waals surface area contributed by atoms with Gasteiger partial charge in [0.05, 0.1) is 0 Å². The quantitative estimate of drug-likeness (QED) is 0.807. The highest BCUT2D eigenvalue weighted by Crippen LogP contribution is 2.28. The fraction of sp³-hybridized carbons (Fsp3) is 0.615. The first-order valence-corrected chi connectivity index (χ1v) is 6.38. The van der Waals surface area contributed by atoms with Gasteiger partial charge in [0.2, 0.25) is 0 Å². The van der Waals surface area contributed by atoms with Crippen molar-refractivity contribution in [3.05, 3.63) is 23.9 Å². The van der Waals surface area contributed by atoms with Gasteiger partial charge in [-0.05, 0) is 31.7 Å². The van der Waals surface area contributed by atoms with Crippen molar-refractivity contribution < 1.29 is 5.11 Å². The molecule has 4 heteroatoms. The standard InChI is InChI=1S/C13H21N3O/c14-10-11-4-1-7-15-13(11)16-8-2-5-12(16)6-3-9-17/h1,4,7,12,17H,2-3,5-6,8-10,14H2. The van der Waals surface area contributed by atoms with Crippen molar-refractivity contribution in [2.24, 2.45) is 5.73 Å². The zero-order chi connectivity index (χ0) is 12.1. The highest BCUT2D eigenvalue weighted by molar-refractivity contribution is 5.48. The maximum Gasteiger partial charge on any atom is 0.133 e. The molecule has 0 radical (unpaired) electrons. The lowest BCUT2D eigenvalue weighted by molar-refractivity contribution is 0.279. The summed E-state index contributed by atoms with van der Waals surface area (Å²) in [6.45, 7) is 1.86. The van der Waals surface area contributed by atoms with Crippen molar-refractivity contribution >= 4 is 5.82 Å². The van der Waals surface area contributed by atoms with E-state index < -0.39 is 0 Å². The number of aromatic nitrogens is 1. The van der Waals surface area contributed by atoms with E-state index in [-0.39, 0.29) is 6.61 Å². The minimum Gasteiger partial charge on any atom is -0.396 e. The van der Waals surface area contributed by atoms with Gasteiger partial charge in [0.15, 0.2) is 0 Å². The predicted molar refractivity (Wildman–Crippen MR) is 68.8 cm³/mol. The van der Waals surface area contributed by atoms with Gasteiger partial charge in [-0.2, -0.15) is 0 Å². The van der Waals surface area contributed by atoms with Crippen LogP contribution < -0.4 is 10.6 Å². The molecule has 0 aliphatic carbocycles. The molecule has 1 aromatic rings. The number of hydrogen-bond acceptors (Lipinski definition) is 4. The van der Waals surface area contributed by atoms with Gasteiger partial charge in [-0.3, -0.25) is 0 Å². The first kappa shape index (κ1) is 12.3. The van der Waals surface area contributed by atoms with Crippen molar-refractivity contribution in [2.75, 3.05) is 18.1 Å². The Bertz CT molecular complexity index is 356. The van der Waals surface area contributed by atoms with Crippen molar-refractivity contribution in [1.82, 2.24) is 4.98 Å². The fourth-order valence-electron chi connectivity index (χ4n) is 2.59. The topological polar surface area (TPSA) is 62.4 Å². The molecule has 0 spiro atoms. The Balaban J connectivity index is 2.14. The first-order chi connectivity index (χ1) is 8.36. The third kappa shape index (κ3) is 2.76. The molecule has 0 bridgehead atoms. The van der Waals surface area contributed by atoms with E-state index in [0.717, 1.165) is 30.8 Å².